The Morgan fingerprint density at radius 3 is 1.24 bits per heavy atom. The second-order valence-corrected chi connectivity index (χ2v) is 34.2. The molecule has 2 aliphatic heterocycles. The van der Waals surface area contributed by atoms with E-state index in [4.69, 9.17) is 0 Å². The van der Waals surface area contributed by atoms with Gasteiger partial charge in [0.15, 0.2) is 0 Å². The van der Waals surface area contributed by atoms with Crippen LogP contribution in [0.25, 0.3) is 11.1 Å². The maximum Gasteiger partial charge on any atom is 0.252 e. The number of nitrogens with zero attached hydrogens (tertiary/aromatic N) is 3. The average Bonchev–Trinajstić information content (AvgIpc) is 1.76. The molecule has 3 nitrogen and oxygen atoms in total. The molecule has 0 saturated heterocycles. The molecule has 4 heteroatoms. The van der Waals surface area contributed by atoms with Crippen LogP contribution in [-0.2, 0) is 48.7 Å². The number of rotatable bonds is 5. The molecule has 0 atom stereocenters. The predicted octanol–water partition coefficient (Wildman–Crippen LogP) is 21.2. The van der Waals surface area contributed by atoms with Crippen molar-refractivity contribution in [2.24, 2.45) is 0 Å². The van der Waals surface area contributed by atoms with Crippen LogP contribution in [0.2, 0.25) is 0 Å². The third-order valence-electron chi connectivity index (χ3n) is 23.2. The van der Waals surface area contributed by atoms with E-state index in [2.05, 4.69) is 299 Å². The van der Waals surface area contributed by atoms with Crippen LogP contribution in [0.3, 0.4) is 0 Å². The monoisotopic (exact) mass is 1150 g/mol. The molecule has 4 aliphatic carbocycles. The van der Waals surface area contributed by atoms with Gasteiger partial charge in [-0.3, -0.25) is 0 Å². The summed E-state index contributed by atoms with van der Waals surface area (Å²) in [4.78, 5) is 8.14. The van der Waals surface area contributed by atoms with Crippen molar-refractivity contribution in [2.45, 2.75) is 226 Å². The van der Waals surface area contributed by atoms with E-state index in [1.165, 1.54) is 124 Å². The summed E-state index contributed by atoms with van der Waals surface area (Å²) in [6, 6.07) is 59.4. The molecule has 6 aliphatic rings. The highest BCUT2D eigenvalue weighted by atomic mass is 15.2. The number of anilines is 9. The third-order valence-corrected chi connectivity index (χ3v) is 23.2. The first-order valence-electron chi connectivity index (χ1n) is 33.2. The Morgan fingerprint density at radius 1 is 0.345 bits per heavy atom. The maximum atomic E-state index is 2.79. The molecule has 87 heavy (non-hydrogen) atoms. The first kappa shape index (κ1) is 57.9. The number of fused-ring (bicyclic) bond motifs is 10. The SMILES string of the molecule is CC(C)(C)c1ccc(N(c2ccc(C(C)(C)C)cc2)c2cc3c4c(c2)N(c2cccc5c2-c2ccccc2C5(C)C)c2cc5c(cc2B4c2cc4c(cc2N3c2ccc3c(c2)C(C)(C)CCC3(C)C)C(C)(C)CCC4(C)C)C(C)(C)CCC5(C)C)cc1. The summed E-state index contributed by atoms with van der Waals surface area (Å²) in [7, 11) is 0. The topological polar surface area (TPSA) is 9.72 Å². The molecule has 0 spiro atoms. The Balaban J connectivity index is 1.17. The summed E-state index contributed by atoms with van der Waals surface area (Å²) >= 11 is 0. The molecular weight excluding hydrogens is 1050 g/mol. The van der Waals surface area contributed by atoms with Crippen LogP contribution in [0.15, 0.2) is 146 Å². The van der Waals surface area contributed by atoms with Gasteiger partial charge in [0.2, 0.25) is 0 Å². The van der Waals surface area contributed by atoms with E-state index in [0.717, 1.165) is 49.2 Å². The van der Waals surface area contributed by atoms with Crippen molar-refractivity contribution in [3.63, 3.8) is 0 Å². The van der Waals surface area contributed by atoms with Crippen LogP contribution in [0.5, 0.6) is 0 Å². The zero-order chi connectivity index (χ0) is 61.9. The van der Waals surface area contributed by atoms with Gasteiger partial charge in [0.25, 0.3) is 6.71 Å². The normalized spacial score (nSPS) is 19.8. The largest absolute Gasteiger partial charge is 0.311 e. The molecule has 0 amide bonds. The summed E-state index contributed by atoms with van der Waals surface area (Å²) in [5.41, 5.74) is 32.2. The molecule has 0 saturated carbocycles. The Hall–Kier alpha value is -6.78. The van der Waals surface area contributed by atoms with Gasteiger partial charge in [-0.25, -0.2) is 0 Å². The number of benzene rings is 8. The number of hydrogen-bond acceptors (Lipinski definition) is 3. The van der Waals surface area contributed by atoms with Crippen LogP contribution in [0.1, 0.15) is 233 Å². The van der Waals surface area contributed by atoms with Crippen molar-refractivity contribution < 1.29 is 0 Å². The highest BCUT2D eigenvalue weighted by molar-refractivity contribution is 7.00. The molecular formula is C83H96BN3. The van der Waals surface area contributed by atoms with E-state index in [0.29, 0.717) is 0 Å². The van der Waals surface area contributed by atoms with Gasteiger partial charge in [-0.1, -0.05) is 217 Å². The van der Waals surface area contributed by atoms with E-state index in [9.17, 15) is 0 Å². The smallest absolute Gasteiger partial charge is 0.252 e. The van der Waals surface area contributed by atoms with Gasteiger partial charge in [0.1, 0.15) is 0 Å². The van der Waals surface area contributed by atoms with Gasteiger partial charge in [-0.2, -0.15) is 0 Å². The quantitative estimate of drug-likeness (QED) is 0.159. The van der Waals surface area contributed by atoms with Crippen molar-refractivity contribution in [3.05, 3.63) is 201 Å². The molecule has 14 rings (SSSR count). The first-order valence-corrected chi connectivity index (χ1v) is 33.2. The lowest BCUT2D eigenvalue weighted by molar-refractivity contribution is 0.332. The van der Waals surface area contributed by atoms with Gasteiger partial charge >= 0.3 is 0 Å². The lowest BCUT2D eigenvalue weighted by Gasteiger charge is -2.49. The van der Waals surface area contributed by atoms with Gasteiger partial charge in [-0.15, -0.1) is 0 Å². The van der Waals surface area contributed by atoms with Crippen molar-refractivity contribution >= 4 is 74.3 Å². The van der Waals surface area contributed by atoms with Gasteiger partial charge in [0, 0.05) is 50.8 Å². The minimum Gasteiger partial charge on any atom is -0.311 e. The van der Waals surface area contributed by atoms with Crippen molar-refractivity contribution in [1.82, 2.24) is 0 Å². The predicted molar refractivity (Wildman–Crippen MR) is 376 cm³/mol. The zero-order valence-corrected chi connectivity index (χ0v) is 56.5. The minimum atomic E-state index is -0.189. The van der Waals surface area contributed by atoms with E-state index in [-0.39, 0.29) is 55.4 Å². The second-order valence-electron chi connectivity index (χ2n) is 34.2. The van der Waals surface area contributed by atoms with Crippen LogP contribution >= 0.6 is 0 Å². The highest BCUT2D eigenvalue weighted by Gasteiger charge is 2.51. The molecule has 0 bridgehead atoms. The van der Waals surface area contributed by atoms with Crippen LogP contribution in [-0.4, -0.2) is 6.71 Å². The Labute approximate surface area is 524 Å². The summed E-state index contributed by atoms with van der Waals surface area (Å²) in [5, 5.41) is 0. The summed E-state index contributed by atoms with van der Waals surface area (Å²) < 4.78 is 0. The fourth-order valence-corrected chi connectivity index (χ4v) is 17.1. The molecule has 0 aromatic heterocycles. The maximum absolute atomic E-state index is 2.79. The summed E-state index contributed by atoms with van der Waals surface area (Å²) in [5.74, 6) is 0. The van der Waals surface area contributed by atoms with E-state index < -0.39 is 0 Å². The van der Waals surface area contributed by atoms with Crippen molar-refractivity contribution in [1.29, 1.82) is 0 Å². The number of hydrogen-bond donors (Lipinski definition) is 0. The van der Waals surface area contributed by atoms with Crippen LogP contribution < -0.4 is 31.1 Å². The Bertz CT molecular complexity index is 4110. The molecule has 8 aromatic rings. The van der Waals surface area contributed by atoms with E-state index in [1.54, 1.807) is 0 Å². The summed E-state index contributed by atoms with van der Waals surface area (Å²) in [6.45, 7) is 48.9. The van der Waals surface area contributed by atoms with Crippen LogP contribution in [0.4, 0.5) is 51.2 Å². The van der Waals surface area contributed by atoms with Gasteiger partial charge in [0.05, 0.1) is 11.4 Å². The summed E-state index contributed by atoms with van der Waals surface area (Å²) in [6.07, 6.45) is 6.92. The van der Waals surface area contributed by atoms with E-state index in [1.807, 2.05) is 0 Å². The molecule has 446 valence electrons. The highest BCUT2D eigenvalue weighted by Crippen LogP contribution is 2.59. The lowest BCUT2D eigenvalue weighted by atomic mass is 9.32. The van der Waals surface area contributed by atoms with Crippen molar-refractivity contribution in [2.75, 3.05) is 14.7 Å². The van der Waals surface area contributed by atoms with Crippen LogP contribution in [0, 0.1) is 0 Å². The fourth-order valence-electron chi connectivity index (χ4n) is 17.1. The van der Waals surface area contributed by atoms with Crippen molar-refractivity contribution in [3.8, 4) is 11.1 Å². The standard InChI is InChI=1S/C83H96BN3/c1-75(2,3)51-28-32-53(33-29-51)85(54-34-30-52(31-35-54)76(4,5)6)56-45-71-74-72(46-56)87(68-27-23-26-60-73(68)57-24-21-22-25-58(57)83(60,19)20)70-50-65-63(80(13,14)41-43-82(65,17)18)48-67(70)84(74)66-47-62-64(81(15,16)42-40-79(62,11)12)49-69(66)86(71)55-36-37-59-61(44-55)78(9,10)39-38-77(59,7)8/h21-37,44-50H,38-43H2,1-20H3. The molecule has 2 heterocycles. The molecule has 0 radical (unpaired) electrons. The lowest BCUT2D eigenvalue weighted by Crippen LogP contribution is -2.62. The molecule has 8 aromatic carbocycles. The van der Waals surface area contributed by atoms with Gasteiger partial charge < -0.3 is 14.7 Å². The Kier molecular flexibility index (Phi) is 12.4. The zero-order valence-electron chi connectivity index (χ0n) is 56.5. The second kappa shape index (κ2) is 18.7. The van der Waals surface area contributed by atoms with Gasteiger partial charge in [-0.05, 0) is 226 Å². The molecule has 0 N–H and O–H groups in total. The fraction of sp³-hybridized carbons (Fsp3) is 0.422. The molecule has 0 fully saturated rings. The first-order chi connectivity index (χ1) is 40.6. The minimum absolute atomic E-state index is 0.000863. The average molecular weight is 1150 g/mol. The Morgan fingerprint density at radius 2 is 0.759 bits per heavy atom. The third kappa shape index (κ3) is 8.76. The molecule has 0 unspecified atom stereocenters. The van der Waals surface area contributed by atoms with E-state index >= 15 is 0 Å².